The van der Waals surface area contributed by atoms with Gasteiger partial charge in [0, 0.05) is 16.7 Å². The first-order valence-electron chi connectivity index (χ1n) is 10.6. The Hall–Kier alpha value is -4.53. The second-order valence-electron chi connectivity index (χ2n) is 7.66. The summed E-state index contributed by atoms with van der Waals surface area (Å²) in [6, 6.07) is 18.2. The van der Waals surface area contributed by atoms with Crippen LogP contribution < -0.4 is 29.8 Å². The van der Waals surface area contributed by atoms with Crippen LogP contribution in [-0.2, 0) is 0 Å². The smallest absolute Gasteiger partial charge is 0.271 e. The number of rotatable bonds is 6. The highest BCUT2D eigenvalue weighted by Gasteiger charge is 2.15. The van der Waals surface area contributed by atoms with Crippen molar-refractivity contribution in [1.29, 1.82) is 0 Å². The molecular weight excluding hydrogens is 436 g/mol. The number of benzene rings is 3. The Morgan fingerprint density at radius 3 is 1.94 bits per heavy atom. The second-order valence-corrected chi connectivity index (χ2v) is 7.66. The van der Waals surface area contributed by atoms with E-state index in [0.29, 0.717) is 34.2 Å². The van der Waals surface area contributed by atoms with Crippen LogP contribution in [0.1, 0.15) is 35.3 Å². The van der Waals surface area contributed by atoms with Crippen LogP contribution in [0.2, 0.25) is 0 Å². The SMILES string of the molecule is C/C(=N\NC(=O)c1cccc(N/N=C(\C)c2ccc3c(c2)OCO3)c1)c1ccc2c(c1)OCO2. The van der Waals surface area contributed by atoms with Gasteiger partial charge in [0.15, 0.2) is 23.0 Å². The van der Waals surface area contributed by atoms with Gasteiger partial charge in [-0.1, -0.05) is 6.07 Å². The molecule has 3 aromatic carbocycles. The van der Waals surface area contributed by atoms with Crippen LogP contribution >= 0.6 is 0 Å². The summed E-state index contributed by atoms with van der Waals surface area (Å²) < 4.78 is 21.5. The molecule has 2 heterocycles. The topological polar surface area (TPSA) is 103 Å². The fraction of sp³-hybridized carbons (Fsp3) is 0.160. The lowest BCUT2D eigenvalue weighted by atomic mass is 10.1. The maximum Gasteiger partial charge on any atom is 0.271 e. The predicted molar refractivity (Wildman–Crippen MR) is 127 cm³/mol. The first-order chi connectivity index (χ1) is 16.6. The van der Waals surface area contributed by atoms with Gasteiger partial charge in [0.1, 0.15) is 0 Å². The highest BCUT2D eigenvalue weighted by Crippen LogP contribution is 2.33. The van der Waals surface area contributed by atoms with Gasteiger partial charge in [-0.2, -0.15) is 10.2 Å². The standard InChI is InChI=1S/C25H22N4O5/c1-15(17-6-8-21-23(11-17)33-13-31-21)26-28-20-5-3-4-19(10-20)25(30)29-27-16(2)18-7-9-22-24(12-18)34-14-32-22/h3-12,28H,13-14H2,1-2H3,(H,29,30)/b26-15+,27-16+. The molecule has 1 amide bonds. The molecule has 0 spiro atoms. The second kappa shape index (κ2) is 9.14. The quantitative estimate of drug-likeness (QED) is 0.425. The molecule has 172 valence electrons. The van der Waals surface area contributed by atoms with Crippen LogP contribution in [-0.4, -0.2) is 30.9 Å². The Labute approximate surface area is 196 Å². The normalized spacial score (nSPS) is 14.2. The Kier molecular flexibility index (Phi) is 5.73. The maximum absolute atomic E-state index is 12.6. The summed E-state index contributed by atoms with van der Waals surface area (Å²) in [5.41, 5.74) is 9.84. The summed E-state index contributed by atoms with van der Waals surface area (Å²) in [6.07, 6.45) is 0. The fourth-order valence-electron chi connectivity index (χ4n) is 3.45. The zero-order chi connectivity index (χ0) is 23.5. The minimum Gasteiger partial charge on any atom is -0.454 e. The van der Waals surface area contributed by atoms with E-state index in [1.807, 2.05) is 56.3 Å². The van der Waals surface area contributed by atoms with Gasteiger partial charge in [0.2, 0.25) is 13.6 Å². The third-order valence-electron chi connectivity index (χ3n) is 5.38. The summed E-state index contributed by atoms with van der Waals surface area (Å²) in [4.78, 5) is 12.6. The van der Waals surface area contributed by atoms with E-state index in [-0.39, 0.29) is 19.5 Å². The zero-order valence-electron chi connectivity index (χ0n) is 18.6. The van der Waals surface area contributed by atoms with Gasteiger partial charge in [-0.25, -0.2) is 5.43 Å². The van der Waals surface area contributed by atoms with E-state index in [2.05, 4.69) is 21.1 Å². The molecule has 0 atom stereocenters. The van der Waals surface area contributed by atoms with Gasteiger partial charge in [0.25, 0.3) is 5.91 Å². The monoisotopic (exact) mass is 458 g/mol. The number of fused-ring (bicyclic) bond motifs is 2. The number of hydrazone groups is 2. The van der Waals surface area contributed by atoms with Gasteiger partial charge >= 0.3 is 0 Å². The number of carbonyl (C=O) groups excluding carboxylic acids is 1. The molecule has 0 fully saturated rings. The summed E-state index contributed by atoms with van der Waals surface area (Å²) in [7, 11) is 0. The highest BCUT2D eigenvalue weighted by atomic mass is 16.7. The lowest BCUT2D eigenvalue weighted by Crippen LogP contribution is -2.19. The first kappa shape index (κ1) is 21.3. The zero-order valence-corrected chi connectivity index (χ0v) is 18.6. The van der Waals surface area contributed by atoms with Crippen molar-refractivity contribution in [2.45, 2.75) is 13.8 Å². The average molecular weight is 458 g/mol. The van der Waals surface area contributed by atoms with Crippen LogP contribution in [0.3, 0.4) is 0 Å². The van der Waals surface area contributed by atoms with Crippen molar-refractivity contribution >= 4 is 23.0 Å². The molecule has 0 saturated carbocycles. The minimum absolute atomic E-state index is 0.205. The number of nitrogens with zero attached hydrogens (tertiary/aromatic N) is 2. The maximum atomic E-state index is 12.6. The molecule has 34 heavy (non-hydrogen) atoms. The molecule has 9 heteroatoms. The van der Waals surface area contributed by atoms with Crippen molar-refractivity contribution in [2.24, 2.45) is 10.2 Å². The van der Waals surface area contributed by atoms with Gasteiger partial charge < -0.3 is 18.9 Å². The summed E-state index contributed by atoms with van der Waals surface area (Å²) in [5, 5.41) is 8.64. The van der Waals surface area contributed by atoms with Crippen molar-refractivity contribution in [2.75, 3.05) is 19.0 Å². The molecule has 5 rings (SSSR count). The van der Waals surface area contributed by atoms with Crippen molar-refractivity contribution < 1.29 is 23.7 Å². The molecule has 9 nitrogen and oxygen atoms in total. The molecule has 0 aliphatic carbocycles. The third kappa shape index (κ3) is 4.49. The number of anilines is 1. The predicted octanol–water partition coefficient (Wildman–Crippen LogP) is 4.13. The minimum atomic E-state index is -0.333. The fourth-order valence-corrected chi connectivity index (χ4v) is 3.45. The molecule has 2 aliphatic heterocycles. The summed E-state index contributed by atoms with van der Waals surface area (Å²) in [5.74, 6) is 2.44. The van der Waals surface area contributed by atoms with Crippen molar-refractivity contribution in [3.8, 4) is 23.0 Å². The molecule has 2 N–H and O–H groups in total. The molecule has 2 aliphatic rings. The number of ether oxygens (including phenoxy) is 4. The lowest BCUT2D eigenvalue weighted by molar-refractivity contribution is 0.0955. The number of amides is 1. The number of hydrogen-bond donors (Lipinski definition) is 2. The van der Waals surface area contributed by atoms with Gasteiger partial charge in [-0.3, -0.25) is 10.2 Å². The van der Waals surface area contributed by atoms with Gasteiger partial charge in [-0.05, 0) is 68.4 Å². The largest absolute Gasteiger partial charge is 0.454 e. The Balaban J connectivity index is 1.24. The summed E-state index contributed by atoms with van der Waals surface area (Å²) in [6.45, 7) is 4.12. The van der Waals surface area contributed by atoms with E-state index in [0.717, 1.165) is 22.6 Å². The molecule has 0 radical (unpaired) electrons. The van der Waals surface area contributed by atoms with E-state index in [9.17, 15) is 4.79 Å². The van der Waals surface area contributed by atoms with E-state index >= 15 is 0 Å². The third-order valence-corrected chi connectivity index (χ3v) is 5.38. The van der Waals surface area contributed by atoms with Crippen LogP contribution in [0.5, 0.6) is 23.0 Å². The van der Waals surface area contributed by atoms with Crippen molar-refractivity contribution in [1.82, 2.24) is 5.43 Å². The highest BCUT2D eigenvalue weighted by molar-refractivity contribution is 6.02. The lowest BCUT2D eigenvalue weighted by Gasteiger charge is -2.07. The number of nitrogens with one attached hydrogen (secondary N) is 2. The number of hydrogen-bond acceptors (Lipinski definition) is 8. The van der Waals surface area contributed by atoms with Crippen molar-refractivity contribution in [3.05, 3.63) is 77.4 Å². The van der Waals surface area contributed by atoms with Crippen molar-refractivity contribution in [3.63, 3.8) is 0 Å². The molecule has 3 aromatic rings. The van der Waals surface area contributed by atoms with E-state index in [4.69, 9.17) is 18.9 Å². The Morgan fingerprint density at radius 2 is 1.29 bits per heavy atom. The molecule has 0 unspecified atom stereocenters. The summed E-state index contributed by atoms with van der Waals surface area (Å²) >= 11 is 0. The average Bonchev–Trinajstić information content (AvgIpc) is 3.54. The molecule has 0 aromatic heterocycles. The van der Waals surface area contributed by atoms with Crippen LogP contribution in [0.4, 0.5) is 5.69 Å². The Morgan fingerprint density at radius 1 is 0.706 bits per heavy atom. The van der Waals surface area contributed by atoms with Gasteiger partial charge in [0.05, 0.1) is 17.1 Å². The van der Waals surface area contributed by atoms with Crippen LogP contribution in [0.15, 0.2) is 70.9 Å². The van der Waals surface area contributed by atoms with Crippen LogP contribution in [0, 0.1) is 0 Å². The van der Waals surface area contributed by atoms with E-state index in [1.54, 1.807) is 18.2 Å². The van der Waals surface area contributed by atoms with E-state index < -0.39 is 0 Å². The molecular formula is C25H22N4O5. The van der Waals surface area contributed by atoms with Crippen LogP contribution in [0.25, 0.3) is 0 Å². The Bertz CT molecular complexity index is 1320. The first-order valence-corrected chi connectivity index (χ1v) is 10.6. The molecule has 0 bridgehead atoms. The number of carbonyl (C=O) groups is 1. The molecule has 0 saturated heterocycles. The van der Waals surface area contributed by atoms with Gasteiger partial charge in [-0.15, -0.1) is 0 Å². The van der Waals surface area contributed by atoms with E-state index in [1.165, 1.54) is 0 Å².